The van der Waals surface area contributed by atoms with Gasteiger partial charge >= 0.3 is 23.9 Å². The van der Waals surface area contributed by atoms with Crippen LogP contribution in [0.3, 0.4) is 0 Å². The van der Waals surface area contributed by atoms with Gasteiger partial charge in [-0.15, -0.1) is 0 Å². The molecule has 0 aromatic heterocycles. The van der Waals surface area contributed by atoms with Crippen LogP contribution in [0.5, 0.6) is 0 Å². The zero-order valence-corrected chi connectivity index (χ0v) is 17.7. The number of unbranched alkanes of at least 4 members (excludes halogenated alkanes) is 1. The van der Waals surface area contributed by atoms with Crippen molar-refractivity contribution in [3.05, 3.63) is 34.6 Å². The van der Waals surface area contributed by atoms with Gasteiger partial charge in [-0.25, -0.2) is 36.3 Å². The van der Waals surface area contributed by atoms with E-state index >= 15 is 0 Å². The van der Waals surface area contributed by atoms with Gasteiger partial charge in [0.25, 0.3) is 5.91 Å². The molecule has 1 aromatic carbocycles. The zero-order chi connectivity index (χ0) is 26.9. The molecule has 0 spiro atoms. The summed E-state index contributed by atoms with van der Waals surface area (Å²) >= 11 is 0. The van der Waals surface area contributed by atoms with Crippen molar-refractivity contribution in [2.75, 3.05) is 6.54 Å². The number of carboxylic acids is 3. The average molecular weight is 513 g/mol. The van der Waals surface area contributed by atoms with Crippen LogP contribution in [0.4, 0.5) is 26.7 Å². The van der Waals surface area contributed by atoms with Crippen molar-refractivity contribution in [2.45, 2.75) is 44.2 Å². The van der Waals surface area contributed by atoms with Gasteiger partial charge in [-0.1, -0.05) is 0 Å². The molecule has 0 aliphatic rings. The first kappa shape index (κ1) is 29.1. The van der Waals surface area contributed by atoms with Crippen molar-refractivity contribution in [1.82, 2.24) is 16.0 Å². The third kappa shape index (κ3) is 8.38. The summed E-state index contributed by atoms with van der Waals surface area (Å²) in [6, 6.07) is -4.33. The highest BCUT2D eigenvalue weighted by molar-refractivity contribution is 5.94. The van der Waals surface area contributed by atoms with E-state index in [1.54, 1.807) is 0 Å². The molecule has 16 heteroatoms. The molecule has 1 rings (SSSR count). The first-order chi connectivity index (χ1) is 16.3. The van der Waals surface area contributed by atoms with Crippen LogP contribution < -0.4 is 16.0 Å². The van der Waals surface area contributed by atoms with E-state index in [1.165, 1.54) is 0 Å². The first-order valence-corrected chi connectivity index (χ1v) is 9.81. The van der Waals surface area contributed by atoms with E-state index in [9.17, 15) is 51.0 Å². The molecule has 35 heavy (non-hydrogen) atoms. The molecule has 0 saturated heterocycles. The second-order valence-corrected chi connectivity index (χ2v) is 7.03. The highest BCUT2D eigenvalue weighted by atomic mass is 19.2. The lowest BCUT2D eigenvalue weighted by atomic mass is 10.1. The Morgan fingerprint density at radius 1 is 0.686 bits per heavy atom. The Balaban J connectivity index is 2.59. The van der Waals surface area contributed by atoms with E-state index in [4.69, 9.17) is 10.2 Å². The Labute approximate surface area is 193 Å². The van der Waals surface area contributed by atoms with Gasteiger partial charge in [0.2, 0.25) is 5.82 Å². The standard InChI is InChI=1S/C19H20F5N3O8/c20-11-10(12(21)14(23)15(24)13(11)22)16(30)25-6-2-1-3-7(17(31)32)26-19(35)27-8(18(33)34)4-5-9(28)29/h7-8H,1-6H2,(H,25,30)(H,28,29)(H,31,32)(H,33,34)(H2,26,27,35)/t7-,8-/m0/s1. The van der Waals surface area contributed by atoms with E-state index in [-0.39, 0.29) is 25.8 Å². The van der Waals surface area contributed by atoms with Crippen LogP contribution in [-0.4, -0.2) is 63.8 Å². The van der Waals surface area contributed by atoms with Crippen molar-refractivity contribution in [2.24, 2.45) is 0 Å². The summed E-state index contributed by atoms with van der Waals surface area (Å²) in [6.45, 7) is -0.354. The van der Waals surface area contributed by atoms with Gasteiger partial charge in [-0.05, 0) is 25.7 Å². The Bertz CT molecular complexity index is 978. The Morgan fingerprint density at radius 2 is 1.14 bits per heavy atom. The number of amides is 3. The number of carbonyl (C=O) groups is 5. The average Bonchev–Trinajstić information content (AvgIpc) is 2.77. The molecular formula is C19H20F5N3O8. The molecule has 0 aliphatic carbocycles. The maximum atomic E-state index is 13.6. The van der Waals surface area contributed by atoms with Crippen LogP contribution in [0, 0.1) is 29.1 Å². The van der Waals surface area contributed by atoms with Crippen LogP contribution in [0.1, 0.15) is 42.5 Å². The van der Waals surface area contributed by atoms with Crippen LogP contribution >= 0.6 is 0 Å². The number of nitrogens with one attached hydrogen (secondary N) is 3. The molecule has 1 aromatic rings. The number of rotatable bonds is 13. The van der Waals surface area contributed by atoms with E-state index < -0.39 is 89.4 Å². The lowest BCUT2D eigenvalue weighted by molar-refractivity contribution is -0.140. The molecule has 0 radical (unpaired) electrons. The summed E-state index contributed by atoms with van der Waals surface area (Å²) in [5.41, 5.74) is -1.68. The van der Waals surface area contributed by atoms with Crippen molar-refractivity contribution < 1.29 is 61.2 Å². The molecule has 0 fully saturated rings. The van der Waals surface area contributed by atoms with Crippen molar-refractivity contribution >= 4 is 29.8 Å². The maximum absolute atomic E-state index is 13.6. The molecule has 0 heterocycles. The molecule has 0 aliphatic heterocycles. The fourth-order valence-corrected chi connectivity index (χ4v) is 2.71. The van der Waals surface area contributed by atoms with Gasteiger partial charge in [0.15, 0.2) is 23.3 Å². The summed E-state index contributed by atoms with van der Waals surface area (Å²) in [7, 11) is 0. The number of aliphatic carboxylic acids is 3. The second kappa shape index (κ2) is 13.0. The van der Waals surface area contributed by atoms with Crippen LogP contribution in [0.2, 0.25) is 0 Å². The minimum absolute atomic E-state index is 0.0179. The van der Waals surface area contributed by atoms with Gasteiger partial charge < -0.3 is 31.3 Å². The normalized spacial score (nSPS) is 12.4. The third-order valence-corrected chi connectivity index (χ3v) is 4.50. The molecule has 0 saturated carbocycles. The van der Waals surface area contributed by atoms with Gasteiger partial charge in [-0.3, -0.25) is 9.59 Å². The van der Waals surface area contributed by atoms with Crippen LogP contribution in [0.15, 0.2) is 0 Å². The Morgan fingerprint density at radius 3 is 1.60 bits per heavy atom. The van der Waals surface area contributed by atoms with E-state index in [2.05, 4.69) is 0 Å². The van der Waals surface area contributed by atoms with Crippen molar-refractivity contribution in [3.63, 3.8) is 0 Å². The van der Waals surface area contributed by atoms with Gasteiger partial charge in [0, 0.05) is 13.0 Å². The summed E-state index contributed by atoms with van der Waals surface area (Å²) in [6.07, 6.45) is -1.34. The molecule has 6 N–H and O–H groups in total. The number of benzene rings is 1. The highest BCUT2D eigenvalue weighted by Crippen LogP contribution is 2.22. The number of urea groups is 1. The predicted molar refractivity (Wildman–Crippen MR) is 104 cm³/mol. The minimum atomic E-state index is -2.43. The van der Waals surface area contributed by atoms with Gasteiger partial charge in [0.05, 0.1) is 0 Å². The summed E-state index contributed by atoms with van der Waals surface area (Å²) < 4.78 is 66.6. The Kier molecular flexibility index (Phi) is 10.8. The van der Waals surface area contributed by atoms with E-state index in [1.807, 2.05) is 16.0 Å². The smallest absolute Gasteiger partial charge is 0.326 e. The number of carbonyl (C=O) groups excluding carboxylic acids is 2. The van der Waals surface area contributed by atoms with Crippen molar-refractivity contribution in [3.8, 4) is 0 Å². The molecule has 11 nitrogen and oxygen atoms in total. The number of halogens is 5. The topological polar surface area (TPSA) is 182 Å². The fourth-order valence-electron chi connectivity index (χ4n) is 2.71. The second-order valence-electron chi connectivity index (χ2n) is 7.03. The molecule has 2 atom stereocenters. The van der Waals surface area contributed by atoms with Gasteiger partial charge in [0.1, 0.15) is 17.6 Å². The monoisotopic (exact) mass is 513 g/mol. The lowest BCUT2D eigenvalue weighted by Gasteiger charge is -2.18. The zero-order valence-electron chi connectivity index (χ0n) is 17.7. The van der Waals surface area contributed by atoms with E-state index in [0.717, 1.165) is 0 Å². The first-order valence-electron chi connectivity index (χ1n) is 9.81. The summed E-state index contributed by atoms with van der Waals surface area (Å²) in [5, 5.41) is 32.6. The largest absolute Gasteiger partial charge is 0.481 e. The quantitative estimate of drug-likeness (QED) is 0.0989. The minimum Gasteiger partial charge on any atom is -0.481 e. The maximum Gasteiger partial charge on any atom is 0.326 e. The number of hydrogen-bond acceptors (Lipinski definition) is 5. The third-order valence-electron chi connectivity index (χ3n) is 4.50. The number of carboxylic acid groups (broad SMARTS) is 3. The van der Waals surface area contributed by atoms with Crippen LogP contribution in [-0.2, 0) is 14.4 Å². The van der Waals surface area contributed by atoms with Crippen molar-refractivity contribution in [1.29, 1.82) is 0 Å². The highest BCUT2D eigenvalue weighted by Gasteiger charge is 2.29. The fraction of sp³-hybridized carbons (Fsp3) is 0.421. The van der Waals surface area contributed by atoms with E-state index in [0.29, 0.717) is 0 Å². The SMILES string of the molecule is O=C(O)CC[C@H](NC(=O)N[C@@H](CCCCNC(=O)c1c(F)c(F)c(F)c(F)c1F)C(=O)O)C(=O)O. The molecule has 194 valence electrons. The Hall–Kier alpha value is -3.98. The van der Waals surface area contributed by atoms with Gasteiger partial charge in [-0.2, -0.15) is 0 Å². The number of hydrogen-bond donors (Lipinski definition) is 6. The molecule has 3 amide bonds. The lowest BCUT2D eigenvalue weighted by Crippen LogP contribution is -2.51. The predicted octanol–water partition coefficient (Wildman–Crippen LogP) is 1.35. The molecule has 0 bridgehead atoms. The molecular weight excluding hydrogens is 493 g/mol. The summed E-state index contributed by atoms with van der Waals surface area (Å²) in [5.74, 6) is -17.6. The van der Waals surface area contributed by atoms with Crippen LogP contribution in [0.25, 0.3) is 0 Å². The molecule has 0 unspecified atom stereocenters. The summed E-state index contributed by atoms with van der Waals surface area (Å²) in [4.78, 5) is 56.6.